The molecule has 11 heteroatoms. The highest BCUT2D eigenvalue weighted by molar-refractivity contribution is 7.89. The van der Waals surface area contributed by atoms with Gasteiger partial charge in [-0.3, -0.25) is 9.59 Å². The highest BCUT2D eigenvalue weighted by atomic mass is 32.2. The molecule has 1 N–H and O–H groups in total. The molecule has 9 nitrogen and oxygen atoms in total. The number of carbonyl (C=O) groups excluding carboxylic acids is 3. The van der Waals surface area contributed by atoms with Crippen molar-refractivity contribution in [3.8, 4) is 0 Å². The molecule has 26 heavy (non-hydrogen) atoms. The van der Waals surface area contributed by atoms with Gasteiger partial charge in [-0.15, -0.1) is 0 Å². The maximum absolute atomic E-state index is 13.8. The van der Waals surface area contributed by atoms with Crippen molar-refractivity contribution in [3.05, 3.63) is 29.6 Å². The molecule has 144 valence electrons. The highest BCUT2D eigenvalue weighted by Crippen LogP contribution is 2.18. The molecule has 1 aromatic rings. The Labute approximate surface area is 150 Å². The summed E-state index contributed by atoms with van der Waals surface area (Å²) in [6.07, 6.45) is 0. The maximum Gasteiger partial charge on any atom is 0.341 e. The number of amides is 2. The molecule has 2 amide bonds. The predicted molar refractivity (Wildman–Crippen MR) is 89.3 cm³/mol. The van der Waals surface area contributed by atoms with Crippen LogP contribution in [0.1, 0.15) is 10.4 Å². The Bertz CT molecular complexity index is 808. The lowest BCUT2D eigenvalue weighted by atomic mass is 10.2. The van der Waals surface area contributed by atoms with Crippen LogP contribution in [0, 0.1) is 5.82 Å². The molecule has 0 saturated carbocycles. The predicted octanol–water partition coefficient (Wildman–Crippen LogP) is -0.563. The number of halogens is 1. The van der Waals surface area contributed by atoms with Crippen molar-refractivity contribution in [2.75, 3.05) is 41.3 Å². The van der Waals surface area contributed by atoms with E-state index in [0.29, 0.717) is 0 Å². The number of esters is 1. The van der Waals surface area contributed by atoms with Gasteiger partial charge in [-0.05, 0) is 18.2 Å². The molecule has 1 aromatic carbocycles. The van der Waals surface area contributed by atoms with E-state index in [1.54, 1.807) is 0 Å². The van der Waals surface area contributed by atoms with E-state index >= 15 is 0 Å². The number of nitrogens with zero attached hydrogens (tertiary/aromatic N) is 2. The normalized spacial score (nSPS) is 11.2. The first-order chi connectivity index (χ1) is 12.0. The van der Waals surface area contributed by atoms with Crippen molar-refractivity contribution < 1.29 is 31.9 Å². The SMILES string of the molecule is CN(C)C(=O)CNC(=O)COC(=O)c1cc(S(=O)(=O)N(C)C)ccc1F. The van der Waals surface area contributed by atoms with Crippen LogP contribution in [0.2, 0.25) is 0 Å². The van der Waals surface area contributed by atoms with E-state index in [-0.39, 0.29) is 17.3 Å². The van der Waals surface area contributed by atoms with Crippen molar-refractivity contribution in [1.82, 2.24) is 14.5 Å². The molecule has 1 rings (SSSR count). The van der Waals surface area contributed by atoms with E-state index in [9.17, 15) is 27.2 Å². The monoisotopic (exact) mass is 389 g/mol. The van der Waals surface area contributed by atoms with Crippen LogP contribution in [-0.4, -0.2) is 76.7 Å². The number of hydrogen-bond donors (Lipinski definition) is 1. The van der Waals surface area contributed by atoms with Crippen molar-refractivity contribution in [2.45, 2.75) is 4.90 Å². The quantitative estimate of drug-likeness (QED) is 0.626. The Hall–Kier alpha value is -2.53. The van der Waals surface area contributed by atoms with Gasteiger partial charge < -0.3 is 15.0 Å². The van der Waals surface area contributed by atoms with Crippen molar-refractivity contribution in [2.24, 2.45) is 0 Å². The molecule has 0 unspecified atom stereocenters. The molecule has 0 aliphatic heterocycles. The molecule has 0 saturated heterocycles. The zero-order chi connectivity index (χ0) is 20.1. The highest BCUT2D eigenvalue weighted by Gasteiger charge is 2.22. The van der Waals surface area contributed by atoms with Gasteiger partial charge in [0.1, 0.15) is 5.82 Å². The van der Waals surface area contributed by atoms with E-state index in [1.165, 1.54) is 33.1 Å². The number of sulfonamides is 1. The molecule has 0 radical (unpaired) electrons. The number of nitrogens with one attached hydrogen (secondary N) is 1. The Morgan fingerprint density at radius 3 is 2.31 bits per heavy atom. The largest absolute Gasteiger partial charge is 0.452 e. The summed E-state index contributed by atoms with van der Waals surface area (Å²) < 4.78 is 43.5. The van der Waals surface area contributed by atoms with Crippen LogP contribution in [0.15, 0.2) is 23.1 Å². The Morgan fingerprint density at radius 1 is 1.15 bits per heavy atom. The van der Waals surface area contributed by atoms with Crippen LogP contribution in [0.3, 0.4) is 0 Å². The fourth-order valence-corrected chi connectivity index (χ4v) is 2.55. The molecular formula is C15H20FN3O6S. The summed E-state index contributed by atoms with van der Waals surface area (Å²) in [7, 11) is 1.72. The topological polar surface area (TPSA) is 113 Å². The summed E-state index contributed by atoms with van der Waals surface area (Å²) in [5.41, 5.74) is -0.620. The summed E-state index contributed by atoms with van der Waals surface area (Å²) in [5, 5.41) is 2.23. The molecule has 0 heterocycles. The molecule has 0 bridgehead atoms. The third-order valence-electron chi connectivity index (χ3n) is 3.21. The zero-order valence-electron chi connectivity index (χ0n) is 14.8. The fraction of sp³-hybridized carbons (Fsp3) is 0.400. The minimum absolute atomic E-state index is 0.283. The summed E-state index contributed by atoms with van der Waals surface area (Å²) in [4.78, 5) is 35.8. The minimum atomic E-state index is -3.87. The summed E-state index contributed by atoms with van der Waals surface area (Å²) >= 11 is 0. The van der Waals surface area contributed by atoms with Crippen molar-refractivity contribution in [3.63, 3.8) is 0 Å². The minimum Gasteiger partial charge on any atom is -0.452 e. The standard InChI is InChI=1S/C15H20FN3O6S/c1-18(2)14(21)8-17-13(20)9-25-15(22)11-7-10(5-6-12(11)16)26(23,24)19(3)4/h5-7H,8-9H2,1-4H3,(H,17,20). The first kappa shape index (κ1) is 21.5. The van der Waals surface area contributed by atoms with Crippen molar-refractivity contribution >= 4 is 27.8 Å². The van der Waals surface area contributed by atoms with E-state index in [4.69, 9.17) is 0 Å². The number of benzene rings is 1. The van der Waals surface area contributed by atoms with E-state index in [0.717, 1.165) is 22.5 Å². The molecule has 0 spiro atoms. The van der Waals surface area contributed by atoms with Gasteiger partial charge in [-0.25, -0.2) is 21.9 Å². The van der Waals surface area contributed by atoms with Crippen molar-refractivity contribution in [1.29, 1.82) is 0 Å². The van der Waals surface area contributed by atoms with Crippen LogP contribution in [0.25, 0.3) is 0 Å². The van der Waals surface area contributed by atoms with E-state index < -0.39 is 39.9 Å². The number of rotatable bonds is 7. The average molecular weight is 389 g/mol. The lowest BCUT2D eigenvalue weighted by Crippen LogP contribution is -2.38. The number of ether oxygens (including phenoxy) is 1. The second-order valence-electron chi connectivity index (χ2n) is 5.57. The lowest BCUT2D eigenvalue weighted by molar-refractivity contribution is -0.131. The molecule has 0 aromatic heterocycles. The second-order valence-corrected chi connectivity index (χ2v) is 7.72. The Balaban J connectivity index is 2.79. The molecule has 0 aliphatic rings. The third-order valence-corrected chi connectivity index (χ3v) is 5.02. The lowest BCUT2D eigenvalue weighted by Gasteiger charge is -2.13. The second kappa shape index (κ2) is 8.72. The number of likely N-dealkylation sites (N-methyl/N-ethyl adjacent to an activating group) is 1. The van der Waals surface area contributed by atoms with Gasteiger partial charge in [-0.1, -0.05) is 0 Å². The average Bonchev–Trinajstić information content (AvgIpc) is 2.57. The number of carbonyl (C=O) groups is 3. The van der Waals surface area contributed by atoms with Crippen LogP contribution in [0.4, 0.5) is 4.39 Å². The molecular weight excluding hydrogens is 369 g/mol. The first-order valence-corrected chi connectivity index (χ1v) is 8.77. The Kier molecular flexibility index (Phi) is 7.21. The van der Waals surface area contributed by atoms with E-state index in [2.05, 4.69) is 10.1 Å². The first-order valence-electron chi connectivity index (χ1n) is 7.33. The summed E-state index contributed by atoms with van der Waals surface area (Å²) in [5.74, 6) is -3.31. The van der Waals surface area contributed by atoms with Gasteiger partial charge in [0, 0.05) is 28.2 Å². The van der Waals surface area contributed by atoms with E-state index in [1.807, 2.05) is 0 Å². The van der Waals surface area contributed by atoms with Gasteiger partial charge in [0.15, 0.2) is 6.61 Å². The zero-order valence-corrected chi connectivity index (χ0v) is 15.6. The van der Waals surface area contributed by atoms with Gasteiger partial charge >= 0.3 is 5.97 Å². The van der Waals surface area contributed by atoms with Crippen LogP contribution in [0.5, 0.6) is 0 Å². The van der Waals surface area contributed by atoms with Gasteiger partial charge in [0.25, 0.3) is 5.91 Å². The molecule has 0 aliphatic carbocycles. The summed E-state index contributed by atoms with van der Waals surface area (Å²) in [6.45, 7) is -1.03. The van der Waals surface area contributed by atoms with Gasteiger partial charge in [0.05, 0.1) is 17.0 Å². The molecule has 0 atom stereocenters. The van der Waals surface area contributed by atoms with Crippen LogP contribution < -0.4 is 5.32 Å². The number of hydrogen-bond acceptors (Lipinski definition) is 6. The van der Waals surface area contributed by atoms with Crippen LogP contribution >= 0.6 is 0 Å². The smallest absolute Gasteiger partial charge is 0.341 e. The molecule has 0 fully saturated rings. The third kappa shape index (κ3) is 5.49. The summed E-state index contributed by atoms with van der Waals surface area (Å²) in [6, 6.07) is 2.67. The van der Waals surface area contributed by atoms with Gasteiger partial charge in [0.2, 0.25) is 15.9 Å². The van der Waals surface area contributed by atoms with Crippen LogP contribution in [-0.2, 0) is 24.3 Å². The fourth-order valence-electron chi connectivity index (χ4n) is 1.62. The van der Waals surface area contributed by atoms with Gasteiger partial charge in [-0.2, -0.15) is 0 Å². The maximum atomic E-state index is 13.8. The Morgan fingerprint density at radius 2 is 1.77 bits per heavy atom.